The third kappa shape index (κ3) is 7.91. The molecule has 0 bridgehead atoms. The normalized spacial score (nSPS) is 12.6. The summed E-state index contributed by atoms with van der Waals surface area (Å²) in [5.74, 6) is -0.539. The van der Waals surface area contributed by atoms with Crippen molar-refractivity contribution < 1.29 is 14.3 Å². The number of unbranched alkanes of at least 4 members (excludes halogenated alkanes) is 1. The summed E-state index contributed by atoms with van der Waals surface area (Å²) in [6.07, 6.45) is 8.28. The van der Waals surface area contributed by atoms with Crippen LogP contribution in [0.25, 0.3) is 33.5 Å². The molecule has 0 spiro atoms. The summed E-state index contributed by atoms with van der Waals surface area (Å²) in [6, 6.07) is 6.24. The molecule has 41 heavy (non-hydrogen) atoms. The molecule has 11 heteroatoms. The molecule has 0 aliphatic carbocycles. The molecule has 1 amide bonds. The first-order valence-corrected chi connectivity index (χ1v) is 22.1. The molecule has 4 aromatic heterocycles. The highest BCUT2D eigenvalue weighted by atomic mass is 28.3. The van der Waals surface area contributed by atoms with Gasteiger partial charge < -0.3 is 24.3 Å². The number of primary amides is 1. The third-order valence-corrected chi connectivity index (χ3v) is 10.6. The highest BCUT2D eigenvalue weighted by molar-refractivity contribution is 6.76. The van der Waals surface area contributed by atoms with Crippen molar-refractivity contribution in [3.05, 3.63) is 42.0 Å². The lowest BCUT2D eigenvalue weighted by atomic mass is 10.1. The molecule has 0 atom stereocenters. The Hall–Kier alpha value is -2.87. The largest absolute Gasteiger partial charge is 0.365 e. The average molecular weight is 595 g/mol. The van der Waals surface area contributed by atoms with Crippen LogP contribution in [0.4, 0.5) is 0 Å². The monoisotopic (exact) mass is 594 g/mol. The van der Waals surface area contributed by atoms with Crippen molar-refractivity contribution in [2.24, 2.45) is 5.73 Å². The second kappa shape index (κ2) is 13.0. The number of carbonyl (C=O) groups is 1. The fourth-order valence-electron chi connectivity index (χ4n) is 4.62. The molecule has 0 saturated carbocycles. The van der Waals surface area contributed by atoms with E-state index >= 15 is 0 Å². The van der Waals surface area contributed by atoms with E-state index in [4.69, 9.17) is 30.2 Å². The Balaban J connectivity index is 1.77. The number of hydrogen-bond donors (Lipinski definition) is 1. The second-order valence-corrected chi connectivity index (χ2v) is 24.5. The number of nitrogens with two attached hydrogens (primary N) is 1. The van der Waals surface area contributed by atoms with Crippen LogP contribution < -0.4 is 5.73 Å². The van der Waals surface area contributed by atoms with Gasteiger partial charge in [-0.15, -0.1) is 0 Å². The SMILES string of the molecule is CCCCc1nc2c(nc1-c1nccc3ccn(COCC[Si](C)(C)C)c13)c(C(N)=O)cn2COCC[Si](C)(C)C. The van der Waals surface area contributed by atoms with Crippen molar-refractivity contribution in [2.75, 3.05) is 13.2 Å². The smallest absolute Gasteiger partial charge is 0.252 e. The van der Waals surface area contributed by atoms with Crippen LogP contribution in [0.2, 0.25) is 51.4 Å². The van der Waals surface area contributed by atoms with Gasteiger partial charge in [0.15, 0.2) is 5.65 Å². The van der Waals surface area contributed by atoms with Gasteiger partial charge in [-0.05, 0) is 37.1 Å². The zero-order valence-electron chi connectivity index (χ0n) is 25.8. The van der Waals surface area contributed by atoms with Crippen molar-refractivity contribution in [3.8, 4) is 11.4 Å². The maximum absolute atomic E-state index is 12.5. The van der Waals surface area contributed by atoms with Gasteiger partial charge in [-0.2, -0.15) is 0 Å². The zero-order chi connectivity index (χ0) is 29.8. The number of amides is 1. The van der Waals surface area contributed by atoms with Gasteiger partial charge in [0, 0.05) is 53.3 Å². The molecule has 2 N–H and O–H groups in total. The first-order chi connectivity index (χ1) is 19.4. The van der Waals surface area contributed by atoms with Crippen molar-refractivity contribution in [1.29, 1.82) is 0 Å². The van der Waals surface area contributed by atoms with Crippen LogP contribution in [-0.4, -0.2) is 59.4 Å². The molecular formula is C30H46N6O3Si2. The van der Waals surface area contributed by atoms with Gasteiger partial charge in [0.1, 0.15) is 30.4 Å². The summed E-state index contributed by atoms with van der Waals surface area (Å²) in [7, 11) is -2.41. The minimum Gasteiger partial charge on any atom is -0.365 e. The van der Waals surface area contributed by atoms with Crippen LogP contribution in [0, 0.1) is 0 Å². The molecule has 0 aromatic carbocycles. The Morgan fingerprint density at radius 2 is 1.59 bits per heavy atom. The van der Waals surface area contributed by atoms with E-state index in [2.05, 4.69) is 56.8 Å². The maximum Gasteiger partial charge on any atom is 0.252 e. The number of aryl methyl sites for hydroxylation is 1. The van der Waals surface area contributed by atoms with Crippen LogP contribution in [0.15, 0.2) is 30.7 Å². The summed E-state index contributed by atoms with van der Waals surface area (Å²) >= 11 is 0. The Labute approximate surface area is 245 Å². The van der Waals surface area contributed by atoms with Crippen LogP contribution in [0.1, 0.15) is 35.8 Å². The topological polar surface area (TPSA) is 110 Å². The highest BCUT2D eigenvalue weighted by Gasteiger charge is 2.23. The number of pyridine rings is 1. The number of ether oxygens (including phenoxy) is 2. The van der Waals surface area contributed by atoms with E-state index in [0.29, 0.717) is 42.5 Å². The molecule has 0 radical (unpaired) electrons. The minimum atomic E-state index is -1.22. The molecule has 4 heterocycles. The van der Waals surface area contributed by atoms with Gasteiger partial charge in [-0.25, -0.2) is 9.97 Å². The Morgan fingerprint density at radius 1 is 0.927 bits per heavy atom. The standard InChI is InChI=1S/C30H46N6O3Si2/c1-8-9-10-24-26(27-28-22(11-13-32-27)12-14-35(28)20-38-15-17-40(2,3)4)34-25-23(29(31)37)19-36(30(25)33-24)21-39-16-18-41(5,6)7/h11-14,19H,8-10,15-18,20-21H2,1-7H3,(H2,31,37). The number of rotatable bonds is 15. The zero-order valence-corrected chi connectivity index (χ0v) is 27.8. The summed E-state index contributed by atoms with van der Waals surface area (Å²) < 4.78 is 16.1. The van der Waals surface area contributed by atoms with Crippen molar-refractivity contribution in [2.45, 2.75) is 91.0 Å². The second-order valence-electron chi connectivity index (χ2n) is 13.3. The number of hydrogen-bond acceptors (Lipinski definition) is 6. The molecule has 0 aliphatic heterocycles. The van der Waals surface area contributed by atoms with Crippen molar-refractivity contribution >= 4 is 44.1 Å². The van der Waals surface area contributed by atoms with Gasteiger partial charge in [-0.1, -0.05) is 52.6 Å². The molecule has 222 valence electrons. The fourth-order valence-corrected chi connectivity index (χ4v) is 6.13. The molecule has 0 aliphatic rings. The summed E-state index contributed by atoms with van der Waals surface area (Å²) in [5, 5.41) is 1.05. The molecule has 4 aromatic rings. The van der Waals surface area contributed by atoms with E-state index in [1.165, 1.54) is 0 Å². The molecule has 9 nitrogen and oxygen atoms in total. The fraction of sp³-hybridized carbons (Fsp3) is 0.533. The van der Waals surface area contributed by atoms with Gasteiger partial charge in [0.2, 0.25) is 0 Å². The lowest BCUT2D eigenvalue weighted by Gasteiger charge is -2.16. The van der Waals surface area contributed by atoms with Gasteiger partial charge in [0.05, 0.1) is 16.8 Å². The van der Waals surface area contributed by atoms with Crippen LogP contribution in [0.5, 0.6) is 0 Å². The molecule has 0 unspecified atom stereocenters. The van der Waals surface area contributed by atoms with E-state index in [1.807, 2.05) is 16.8 Å². The lowest BCUT2D eigenvalue weighted by molar-refractivity contribution is 0.0894. The quantitative estimate of drug-likeness (QED) is 0.124. The lowest BCUT2D eigenvalue weighted by Crippen LogP contribution is -2.22. The van der Waals surface area contributed by atoms with Crippen LogP contribution in [0.3, 0.4) is 0 Å². The highest BCUT2D eigenvalue weighted by Crippen LogP contribution is 2.31. The first-order valence-electron chi connectivity index (χ1n) is 14.7. The van der Waals surface area contributed by atoms with Crippen LogP contribution >= 0.6 is 0 Å². The minimum absolute atomic E-state index is 0.293. The van der Waals surface area contributed by atoms with Gasteiger partial charge >= 0.3 is 0 Å². The van der Waals surface area contributed by atoms with Crippen molar-refractivity contribution in [1.82, 2.24) is 24.1 Å². The summed E-state index contributed by atoms with van der Waals surface area (Å²) in [4.78, 5) is 27.5. The Morgan fingerprint density at radius 3 is 2.20 bits per heavy atom. The van der Waals surface area contributed by atoms with Gasteiger partial charge in [0.25, 0.3) is 5.91 Å². The Kier molecular flexibility index (Phi) is 9.83. The van der Waals surface area contributed by atoms with E-state index in [9.17, 15) is 4.79 Å². The first kappa shape index (κ1) is 31.1. The number of carbonyl (C=O) groups excluding carboxylic acids is 1. The molecule has 0 saturated heterocycles. The van der Waals surface area contributed by atoms with E-state index in [-0.39, 0.29) is 0 Å². The van der Waals surface area contributed by atoms with Crippen LogP contribution in [-0.2, 0) is 29.4 Å². The third-order valence-electron chi connectivity index (χ3n) is 7.15. The van der Waals surface area contributed by atoms with E-state index in [0.717, 1.165) is 60.2 Å². The van der Waals surface area contributed by atoms with E-state index < -0.39 is 22.1 Å². The van der Waals surface area contributed by atoms with E-state index in [1.54, 1.807) is 12.4 Å². The van der Waals surface area contributed by atoms with Gasteiger partial charge in [-0.3, -0.25) is 9.78 Å². The average Bonchev–Trinajstić information content (AvgIpc) is 3.47. The maximum atomic E-state index is 12.5. The number of nitrogens with zero attached hydrogens (tertiary/aromatic N) is 5. The van der Waals surface area contributed by atoms with Crippen molar-refractivity contribution in [3.63, 3.8) is 0 Å². The predicted molar refractivity (Wildman–Crippen MR) is 172 cm³/mol. The molecule has 4 rings (SSSR count). The number of fused-ring (bicyclic) bond motifs is 2. The Bertz CT molecular complexity index is 1500. The molecule has 0 fully saturated rings. The summed E-state index contributed by atoms with van der Waals surface area (Å²) in [5.41, 5.74) is 10.5. The predicted octanol–water partition coefficient (Wildman–Crippen LogP) is 6.51. The number of aromatic nitrogens is 5. The summed E-state index contributed by atoms with van der Waals surface area (Å²) in [6.45, 7) is 18.3. The molecular weight excluding hydrogens is 549 g/mol.